The fourth-order valence-electron chi connectivity index (χ4n) is 2.66. The zero-order chi connectivity index (χ0) is 11.9. The van der Waals surface area contributed by atoms with Crippen LogP contribution in [0.3, 0.4) is 0 Å². The lowest BCUT2D eigenvalue weighted by atomic mass is 9.65. The quantitative estimate of drug-likeness (QED) is 0.656. The van der Waals surface area contributed by atoms with E-state index in [9.17, 15) is 4.79 Å². The zero-order valence-corrected chi connectivity index (χ0v) is 10.9. The third-order valence-corrected chi connectivity index (χ3v) is 4.00. The van der Waals surface area contributed by atoms with Crippen molar-refractivity contribution in [3.05, 3.63) is 0 Å². The van der Waals surface area contributed by atoms with Gasteiger partial charge in [0.25, 0.3) is 0 Å². The maximum absolute atomic E-state index is 11.4. The molecule has 0 saturated carbocycles. The summed E-state index contributed by atoms with van der Waals surface area (Å²) in [5, 5.41) is 0. The highest BCUT2D eigenvalue weighted by molar-refractivity contribution is 5.72. The average Bonchev–Trinajstić information content (AvgIpc) is 2.46. The van der Waals surface area contributed by atoms with E-state index in [-0.39, 0.29) is 17.0 Å². The van der Waals surface area contributed by atoms with Gasteiger partial charge in [0, 0.05) is 11.8 Å². The topological polar surface area (TPSA) is 26.3 Å². The van der Waals surface area contributed by atoms with Gasteiger partial charge < -0.3 is 4.74 Å². The number of hydrogen-bond acceptors (Lipinski definition) is 2. The van der Waals surface area contributed by atoms with Crippen LogP contribution in [0.5, 0.6) is 0 Å². The Morgan fingerprint density at radius 2 is 1.80 bits per heavy atom. The molecule has 1 rings (SSSR count). The van der Waals surface area contributed by atoms with Crippen LogP contribution < -0.4 is 0 Å². The summed E-state index contributed by atoms with van der Waals surface area (Å²) < 4.78 is 5.70. The van der Waals surface area contributed by atoms with Crippen LogP contribution in [0.4, 0.5) is 0 Å². The number of carbonyl (C=O) groups excluding carboxylic acids is 1. The third-order valence-electron chi connectivity index (χ3n) is 4.00. The van der Waals surface area contributed by atoms with E-state index in [2.05, 4.69) is 41.5 Å². The van der Waals surface area contributed by atoms with E-state index >= 15 is 0 Å². The number of hydrogen-bond donors (Lipinski definition) is 0. The van der Waals surface area contributed by atoms with Crippen molar-refractivity contribution in [1.29, 1.82) is 0 Å². The number of carbonyl (C=O) groups is 1. The number of cyclic esters (lactones) is 1. The Kier molecular flexibility index (Phi) is 3.18. The maximum atomic E-state index is 11.4. The zero-order valence-electron chi connectivity index (χ0n) is 10.9. The van der Waals surface area contributed by atoms with Gasteiger partial charge >= 0.3 is 5.97 Å². The van der Waals surface area contributed by atoms with Gasteiger partial charge in [-0.1, -0.05) is 41.5 Å². The first kappa shape index (κ1) is 12.5. The summed E-state index contributed by atoms with van der Waals surface area (Å²) in [6.07, 6.45) is 1.45. The predicted octanol–water partition coefficient (Wildman–Crippen LogP) is 3.40. The number of esters is 1. The van der Waals surface area contributed by atoms with Crippen LogP contribution >= 0.6 is 0 Å². The van der Waals surface area contributed by atoms with Gasteiger partial charge in [0.1, 0.15) is 5.60 Å². The third kappa shape index (κ3) is 2.04. The van der Waals surface area contributed by atoms with Crippen molar-refractivity contribution in [3.63, 3.8) is 0 Å². The van der Waals surface area contributed by atoms with Crippen LogP contribution in [0, 0.1) is 17.3 Å². The van der Waals surface area contributed by atoms with Gasteiger partial charge in [-0.05, 0) is 18.3 Å². The van der Waals surface area contributed by atoms with Crippen molar-refractivity contribution in [1.82, 2.24) is 0 Å². The monoisotopic (exact) mass is 212 g/mol. The van der Waals surface area contributed by atoms with Crippen molar-refractivity contribution in [2.24, 2.45) is 17.3 Å². The highest BCUT2D eigenvalue weighted by Gasteiger charge is 2.53. The van der Waals surface area contributed by atoms with Crippen molar-refractivity contribution < 1.29 is 9.53 Å². The average molecular weight is 212 g/mol. The lowest BCUT2D eigenvalue weighted by molar-refractivity contribution is -0.169. The normalized spacial score (nSPS) is 29.4. The standard InChI is InChI=1S/C13H24O2/c1-9(2)10(3)13(12(4,5)6)8-7-11(14)15-13/h9-10H,7-8H2,1-6H3. The lowest BCUT2D eigenvalue weighted by Crippen LogP contribution is -2.49. The van der Waals surface area contributed by atoms with Crippen molar-refractivity contribution in [2.75, 3.05) is 0 Å². The largest absolute Gasteiger partial charge is 0.458 e. The number of rotatable bonds is 2. The molecule has 0 radical (unpaired) electrons. The summed E-state index contributed by atoms with van der Waals surface area (Å²) in [6.45, 7) is 13.1. The predicted molar refractivity (Wildman–Crippen MR) is 61.5 cm³/mol. The Morgan fingerprint density at radius 1 is 1.27 bits per heavy atom. The fraction of sp³-hybridized carbons (Fsp3) is 0.923. The van der Waals surface area contributed by atoms with Gasteiger partial charge in [0.2, 0.25) is 0 Å². The molecule has 1 aliphatic heterocycles. The van der Waals surface area contributed by atoms with Crippen LogP contribution in [-0.4, -0.2) is 11.6 Å². The van der Waals surface area contributed by atoms with E-state index < -0.39 is 0 Å². The molecule has 0 amide bonds. The molecule has 2 atom stereocenters. The molecule has 1 aliphatic rings. The molecule has 1 heterocycles. The Labute approximate surface area is 93.4 Å². The molecular formula is C13H24O2. The van der Waals surface area contributed by atoms with E-state index in [1.54, 1.807) is 0 Å². The van der Waals surface area contributed by atoms with Crippen molar-refractivity contribution in [2.45, 2.75) is 60.0 Å². The second-order valence-corrected chi connectivity index (χ2v) is 6.15. The minimum Gasteiger partial charge on any atom is -0.458 e. The van der Waals surface area contributed by atoms with Crippen molar-refractivity contribution in [3.8, 4) is 0 Å². The van der Waals surface area contributed by atoms with E-state index in [1.165, 1.54) is 0 Å². The van der Waals surface area contributed by atoms with Gasteiger partial charge in [-0.3, -0.25) is 4.79 Å². The molecule has 1 saturated heterocycles. The molecule has 2 heteroatoms. The van der Waals surface area contributed by atoms with Crippen LogP contribution in [0.15, 0.2) is 0 Å². The van der Waals surface area contributed by atoms with Gasteiger partial charge in [-0.2, -0.15) is 0 Å². The Hall–Kier alpha value is -0.530. The first-order valence-corrected chi connectivity index (χ1v) is 5.92. The van der Waals surface area contributed by atoms with Gasteiger partial charge in [-0.25, -0.2) is 0 Å². The van der Waals surface area contributed by atoms with Gasteiger partial charge in [0.05, 0.1) is 0 Å². The molecule has 2 nitrogen and oxygen atoms in total. The number of ether oxygens (including phenoxy) is 1. The first-order chi connectivity index (χ1) is 6.71. The molecule has 0 N–H and O–H groups in total. The summed E-state index contributed by atoms with van der Waals surface area (Å²) in [6, 6.07) is 0. The smallest absolute Gasteiger partial charge is 0.306 e. The fourth-order valence-corrected chi connectivity index (χ4v) is 2.66. The van der Waals surface area contributed by atoms with Crippen LogP contribution in [-0.2, 0) is 9.53 Å². The molecule has 15 heavy (non-hydrogen) atoms. The minimum atomic E-state index is -0.266. The SMILES string of the molecule is CC(C)C(C)C1(C(C)(C)C)CCC(=O)O1. The molecule has 0 spiro atoms. The summed E-state index contributed by atoms with van der Waals surface area (Å²) >= 11 is 0. The molecule has 2 unspecified atom stereocenters. The minimum absolute atomic E-state index is 0.0167. The Balaban J connectivity index is 3.03. The Morgan fingerprint density at radius 3 is 2.07 bits per heavy atom. The molecule has 0 aromatic carbocycles. The molecule has 88 valence electrons. The molecule has 0 aliphatic carbocycles. The highest BCUT2D eigenvalue weighted by Crippen LogP contribution is 2.49. The second kappa shape index (κ2) is 3.80. The highest BCUT2D eigenvalue weighted by atomic mass is 16.6. The van der Waals surface area contributed by atoms with Crippen LogP contribution in [0.25, 0.3) is 0 Å². The molecular weight excluding hydrogens is 188 g/mol. The summed E-state index contributed by atoms with van der Waals surface area (Å²) in [5.41, 5.74) is -0.249. The lowest BCUT2D eigenvalue weighted by Gasteiger charge is -2.46. The Bertz CT molecular complexity index is 250. The van der Waals surface area contributed by atoms with Crippen molar-refractivity contribution >= 4 is 5.97 Å². The van der Waals surface area contributed by atoms with E-state index in [1.807, 2.05) is 0 Å². The van der Waals surface area contributed by atoms with Gasteiger partial charge in [-0.15, -0.1) is 0 Å². The molecule has 0 bridgehead atoms. The van der Waals surface area contributed by atoms with E-state index in [4.69, 9.17) is 4.74 Å². The van der Waals surface area contributed by atoms with Crippen LogP contribution in [0.2, 0.25) is 0 Å². The van der Waals surface area contributed by atoms with Crippen LogP contribution in [0.1, 0.15) is 54.4 Å². The van der Waals surface area contributed by atoms with Gasteiger partial charge in [0.15, 0.2) is 0 Å². The molecule has 0 aromatic rings. The first-order valence-electron chi connectivity index (χ1n) is 5.92. The van der Waals surface area contributed by atoms with E-state index in [0.717, 1.165) is 6.42 Å². The second-order valence-electron chi connectivity index (χ2n) is 6.15. The summed E-state index contributed by atoms with van der Waals surface area (Å²) in [7, 11) is 0. The molecule has 1 fully saturated rings. The summed E-state index contributed by atoms with van der Waals surface area (Å²) in [4.78, 5) is 11.4. The van der Waals surface area contributed by atoms with E-state index in [0.29, 0.717) is 18.3 Å². The maximum Gasteiger partial charge on any atom is 0.306 e. The molecule has 0 aromatic heterocycles. The summed E-state index contributed by atoms with van der Waals surface area (Å²) in [5.74, 6) is 0.913.